The Labute approximate surface area is 140 Å². The van der Waals surface area contributed by atoms with Crippen LogP contribution in [0.1, 0.15) is 21.5 Å². The molecule has 22 heavy (non-hydrogen) atoms. The second-order valence-corrected chi connectivity index (χ2v) is 6.32. The van der Waals surface area contributed by atoms with Gasteiger partial charge < -0.3 is 9.64 Å². The topological polar surface area (TPSA) is 29.5 Å². The summed E-state index contributed by atoms with van der Waals surface area (Å²) in [6.07, 6.45) is 0. The standard InChI is InChI=1S/C18H20BrNO2/c1-13-9-14(2)11-17(10-13)22-8-7-20(3)18(21)15-5-4-6-16(19)12-15/h4-6,9-12H,7-8H2,1-3H3. The quantitative estimate of drug-likeness (QED) is 0.797. The fourth-order valence-electron chi connectivity index (χ4n) is 2.26. The summed E-state index contributed by atoms with van der Waals surface area (Å²) >= 11 is 3.38. The van der Waals surface area contributed by atoms with Gasteiger partial charge in [0.2, 0.25) is 0 Å². The molecule has 0 aliphatic carbocycles. The molecular formula is C18H20BrNO2. The molecule has 0 aliphatic heterocycles. The minimum absolute atomic E-state index is 0.00896. The average Bonchev–Trinajstić information content (AvgIpc) is 2.45. The molecule has 3 nitrogen and oxygen atoms in total. The summed E-state index contributed by atoms with van der Waals surface area (Å²) in [5.74, 6) is 0.839. The Balaban J connectivity index is 1.89. The lowest BCUT2D eigenvalue weighted by Crippen LogP contribution is -2.30. The molecule has 0 heterocycles. The molecule has 0 unspecified atom stereocenters. The summed E-state index contributed by atoms with van der Waals surface area (Å²) in [5, 5.41) is 0. The van der Waals surface area contributed by atoms with Gasteiger partial charge in [-0.1, -0.05) is 28.1 Å². The number of amides is 1. The van der Waals surface area contributed by atoms with Crippen LogP contribution in [0, 0.1) is 13.8 Å². The zero-order valence-electron chi connectivity index (χ0n) is 13.1. The molecule has 1 amide bonds. The van der Waals surface area contributed by atoms with Gasteiger partial charge in [0.1, 0.15) is 12.4 Å². The number of hydrogen-bond donors (Lipinski definition) is 0. The molecular weight excluding hydrogens is 342 g/mol. The molecule has 0 atom stereocenters. The van der Waals surface area contributed by atoms with Gasteiger partial charge in [-0.2, -0.15) is 0 Å². The highest BCUT2D eigenvalue weighted by atomic mass is 79.9. The maximum absolute atomic E-state index is 12.3. The molecule has 2 aromatic rings. The van der Waals surface area contributed by atoms with E-state index in [9.17, 15) is 4.79 Å². The molecule has 0 aromatic heterocycles. The number of benzene rings is 2. The normalized spacial score (nSPS) is 10.4. The maximum atomic E-state index is 12.3. The highest BCUT2D eigenvalue weighted by molar-refractivity contribution is 9.10. The van der Waals surface area contributed by atoms with Crippen LogP contribution >= 0.6 is 15.9 Å². The van der Waals surface area contributed by atoms with Crippen LogP contribution in [0.3, 0.4) is 0 Å². The molecule has 0 fully saturated rings. The molecule has 0 spiro atoms. The van der Waals surface area contributed by atoms with Crippen molar-refractivity contribution in [2.45, 2.75) is 13.8 Å². The minimum Gasteiger partial charge on any atom is -0.492 e. The molecule has 2 aromatic carbocycles. The molecule has 0 radical (unpaired) electrons. The predicted octanol–water partition coefficient (Wildman–Crippen LogP) is 4.22. The van der Waals surface area contributed by atoms with E-state index in [1.807, 2.05) is 50.2 Å². The molecule has 0 aliphatic rings. The summed E-state index contributed by atoms with van der Waals surface area (Å²) in [4.78, 5) is 14.0. The summed E-state index contributed by atoms with van der Waals surface area (Å²) in [7, 11) is 1.79. The van der Waals surface area contributed by atoms with Gasteiger partial charge in [-0.3, -0.25) is 4.79 Å². The summed E-state index contributed by atoms with van der Waals surface area (Å²) in [6.45, 7) is 5.10. The lowest BCUT2D eigenvalue weighted by atomic mass is 10.1. The van der Waals surface area contributed by atoms with E-state index in [4.69, 9.17) is 4.74 Å². The van der Waals surface area contributed by atoms with Gasteiger partial charge in [-0.25, -0.2) is 0 Å². The number of hydrogen-bond acceptors (Lipinski definition) is 2. The number of ether oxygens (including phenoxy) is 1. The Morgan fingerprint density at radius 1 is 1.14 bits per heavy atom. The van der Waals surface area contributed by atoms with Gasteiger partial charge in [0, 0.05) is 17.1 Å². The average molecular weight is 362 g/mol. The Morgan fingerprint density at radius 3 is 2.45 bits per heavy atom. The number of nitrogens with zero attached hydrogens (tertiary/aromatic N) is 1. The first-order chi connectivity index (χ1) is 10.5. The van der Waals surface area contributed by atoms with E-state index in [0.717, 1.165) is 10.2 Å². The van der Waals surface area contributed by atoms with Crippen LogP contribution in [-0.2, 0) is 0 Å². The van der Waals surface area contributed by atoms with Crippen LogP contribution in [0.5, 0.6) is 5.75 Å². The van der Waals surface area contributed by atoms with Crippen molar-refractivity contribution in [1.82, 2.24) is 4.90 Å². The first kappa shape index (κ1) is 16.6. The van der Waals surface area contributed by atoms with E-state index >= 15 is 0 Å². The number of carbonyl (C=O) groups excluding carboxylic acids is 1. The third kappa shape index (κ3) is 4.60. The van der Waals surface area contributed by atoms with Crippen molar-refractivity contribution in [3.8, 4) is 5.75 Å². The highest BCUT2D eigenvalue weighted by Crippen LogP contribution is 2.16. The van der Waals surface area contributed by atoms with Gasteiger partial charge in [-0.15, -0.1) is 0 Å². The molecule has 0 N–H and O–H groups in total. The Morgan fingerprint density at radius 2 is 1.82 bits per heavy atom. The summed E-state index contributed by atoms with van der Waals surface area (Å²) in [5.41, 5.74) is 3.02. The number of carbonyl (C=O) groups is 1. The molecule has 0 bridgehead atoms. The van der Waals surface area contributed by atoms with Gasteiger partial charge in [0.15, 0.2) is 0 Å². The van der Waals surface area contributed by atoms with E-state index in [1.165, 1.54) is 11.1 Å². The third-order valence-corrected chi connectivity index (χ3v) is 3.80. The lowest BCUT2D eigenvalue weighted by molar-refractivity contribution is 0.0773. The largest absolute Gasteiger partial charge is 0.492 e. The van der Waals surface area contributed by atoms with Crippen molar-refractivity contribution in [2.24, 2.45) is 0 Å². The molecule has 0 saturated heterocycles. The van der Waals surface area contributed by atoms with E-state index in [2.05, 4.69) is 22.0 Å². The Hall–Kier alpha value is -1.81. The van der Waals surface area contributed by atoms with Crippen LogP contribution in [0.25, 0.3) is 0 Å². The Bertz CT molecular complexity index is 650. The fourth-order valence-corrected chi connectivity index (χ4v) is 2.66. The van der Waals surface area contributed by atoms with Crippen LogP contribution < -0.4 is 4.74 Å². The third-order valence-electron chi connectivity index (χ3n) is 3.31. The maximum Gasteiger partial charge on any atom is 0.253 e. The molecule has 4 heteroatoms. The minimum atomic E-state index is -0.00896. The van der Waals surface area contributed by atoms with Crippen molar-refractivity contribution < 1.29 is 9.53 Å². The van der Waals surface area contributed by atoms with E-state index in [0.29, 0.717) is 18.7 Å². The summed E-state index contributed by atoms with van der Waals surface area (Å²) < 4.78 is 6.65. The first-order valence-corrected chi connectivity index (χ1v) is 7.97. The molecule has 2 rings (SSSR count). The van der Waals surface area contributed by atoms with Gasteiger partial charge in [0.25, 0.3) is 5.91 Å². The predicted molar refractivity (Wildman–Crippen MR) is 92.5 cm³/mol. The van der Waals surface area contributed by atoms with E-state index < -0.39 is 0 Å². The number of halogens is 1. The second-order valence-electron chi connectivity index (χ2n) is 5.41. The van der Waals surface area contributed by atoms with Gasteiger partial charge in [-0.05, 0) is 55.3 Å². The van der Waals surface area contributed by atoms with Crippen molar-refractivity contribution in [1.29, 1.82) is 0 Å². The zero-order valence-corrected chi connectivity index (χ0v) is 14.7. The number of rotatable bonds is 5. The SMILES string of the molecule is Cc1cc(C)cc(OCCN(C)C(=O)c2cccc(Br)c2)c1. The summed E-state index contributed by atoms with van der Waals surface area (Å²) in [6, 6.07) is 13.5. The van der Waals surface area contributed by atoms with Crippen molar-refractivity contribution in [3.63, 3.8) is 0 Å². The fraction of sp³-hybridized carbons (Fsp3) is 0.278. The zero-order chi connectivity index (χ0) is 16.1. The smallest absolute Gasteiger partial charge is 0.253 e. The lowest BCUT2D eigenvalue weighted by Gasteiger charge is -2.18. The Kier molecular flexibility index (Phi) is 5.61. The molecule has 0 saturated carbocycles. The molecule has 116 valence electrons. The first-order valence-electron chi connectivity index (χ1n) is 7.18. The highest BCUT2D eigenvalue weighted by Gasteiger charge is 2.11. The van der Waals surface area contributed by atoms with Crippen molar-refractivity contribution >= 4 is 21.8 Å². The van der Waals surface area contributed by atoms with Crippen molar-refractivity contribution in [3.05, 3.63) is 63.6 Å². The van der Waals surface area contributed by atoms with Crippen molar-refractivity contribution in [2.75, 3.05) is 20.2 Å². The van der Waals surface area contributed by atoms with Gasteiger partial charge >= 0.3 is 0 Å². The van der Waals surface area contributed by atoms with E-state index in [1.54, 1.807) is 11.9 Å². The number of aryl methyl sites for hydroxylation is 2. The second kappa shape index (κ2) is 7.45. The number of likely N-dealkylation sites (N-methyl/N-ethyl adjacent to an activating group) is 1. The van der Waals surface area contributed by atoms with Crippen LogP contribution in [-0.4, -0.2) is 31.0 Å². The monoisotopic (exact) mass is 361 g/mol. The van der Waals surface area contributed by atoms with Crippen LogP contribution in [0.2, 0.25) is 0 Å². The van der Waals surface area contributed by atoms with Gasteiger partial charge in [0.05, 0.1) is 6.54 Å². The van der Waals surface area contributed by atoms with Crippen LogP contribution in [0.4, 0.5) is 0 Å². The van der Waals surface area contributed by atoms with E-state index in [-0.39, 0.29) is 5.91 Å². The van der Waals surface area contributed by atoms with Crippen LogP contribution in [0.15, 0.2) is 46.9 Å².